The summed E-state index contributed by atoms with van der Waals surface area (Å²) in [5, 5.41) is 5.94. The molecule has 25 heavy (non-hydrogen) atoms. The van der Waals surface area contributed by atoms with Gasteiger partial charge in [-0.1, -0.05) is 0 Å². The fourth-order valence-electron chi connectivity index (χ4n) is 3.54. The molecule has 0 fully saturated rings. The van der Waals surface area contributed by atoms with Crippen molar-refractivity contribution in [3.05, 3.63) is 42.5 Å². The van der Waals surface area contributed by atoms with Crippen LogP contribution in [0.1, 0.15) is 71.6 Å². The summed E-state index contributed by atoms with van der Waals surface area (Å²) in [5.41, 5.74) is 0. The number of hydrogen-bond acceptors (Lipinski definition) is 0. The minimum Gasteiger partial charge on any atom is -0.412 e. The smallest absolute Gasteiger partial charge is 0.412 e. The third-order valence-corrected chi connectivity index (χ3v) is 11.0. The van der Waals surface area contributed by atoms with Crippen LogP contribution < -0.4 is 4.35 Å². The van der Waals surface area contributed by atoms with Gasteiger partial charge in [0.25, 0.3) is 0 Å². The maximum atomic E-state index is 2.43. The number of fused-ring (bicyclic) bond motifs is 1. The second-order valence-electron chi connectivity index (χ2n) is 6.96. The van der Waals surface area contributed by atoms with Gasteiger partial charge in [-0.05, 0) is 0 Å². The van der Waals surface area contributed by atoms with Crippen LogP contribution in [0.4, 0.5) is 0 Å². The molecule has 0 saturated heterocycles. The summed E-state index contributed by atoms with van der Waals surface area (Å²) in [6, 6.07) is 16.0. The van der Waals surface area contributed by atoms with Crippen molar-refractivity contribution in [1.82, 2.24) is 0 Å². The van der Waals surface area contributed by atoms with E-state index >= 15 is 0 Å². The number of benzene rings is 2. The van der Waals surface area contributed by atoms with Crippen molar-refractivity contribution >= 4 is 29.8 Å². The molecular weight excluding hydrogens is 367 g/mol. The van der Waals surface area contributed by atoms with Gasteiger partial charge in [0, 0.05) is 0 Å². The summed E-state index contributed by atoms with van der Waals surface area (Å²) in [4.78, 5) is 0. The van der Waals surface area contributed by atoms with Gasteiger partial charge in [-0.3, -0.25) is 0 Å². The van der Waals surface area contributed by atoms with Crippen LogP contribution in [-0.4, -0.2) is 20.1 Å². The molecule has 0 aliphatic carbocycles. The van der Waals surface area contributed by atoms with Crippen molar-refractivity contribution < 1.29 is 5.48 Å². The first-order valence-corrected chi connectivity index (χ1v) is 13.7. The summed E-state index contributed by atoms with van der Waals surface area (Å²) in [6.07, 6.45) is 12.8. The molecule has 2 aromatic rings. The Labute approximate surface area is 159 Å². The molecule has 0 spiro atoms. The topological polar surface area (TPSA) is 31.5 Å². The molecular formula is C23H37AsO. The van der Waals surface area contributed by atoms with Crippen LogP contribution in [-0.2, 0) is 0 Å². The molecule has 0 heterocycles. The van der Waals surface area contributed by atoms with Crippen LogP contribution in [0, 0.1) is 0 Å². The molecule has 0 bridgehead atoms. The second-order valence-corrected chi connectivity index (χ2v) is 12.1. The molecule has 2 rings (SSSR count). The Morgan fingerprint density at radius 3 is 2.00 bits per heavy atom. The molecule has 2 heteroatoms. The van der Waals surface area contributed by atoms with Crippen molar-refractivity contribution in [1.29, 1.82) is 0 Å². The molecule has 2 aromatic carbocycles. The normalized spacial score (nSPS) is 12.1. The van der Waals surface area contributed by atoms with Gasteiger partial charge in [0.15, 0.2) is 0 Å². The Morgan fingerprint density at radius 2 is 1.28 bits per heavy atom. The SMILES string of the molecule is CCCCCCCCCC[As](CCC)c1cccc2ccccc12.O. The first-order chi connectivity index (χ1) is 11.9. The second kappa shape index (κ2) is 13.4. The minimum atomic E-state index is -0.890. The Kier molecular flexibility index (Phi) is 12.0. The summed E-state index contributed by atoms with van der Waals surface area (Å²) < 4.78 is 1.73. The van der Waals surface area contributed by atoms with E-state index in [4.69, 9.17) is 0 Å². The molecule has 1 unspecified atom stereocenters. The molecule has 0 amide bonds. The van der Waals surface area contributed by atoms with Gasteiger partial charge in [0.1, 0.15) is 0 Å². The first-order valence-electron chi connectivity index (χ1n) is 10.1. The Morgan fingerprint density at radius 1 is 0.640 bits per heavy atom. The number of hydrogen-bond donors (Lipinski definition) is 0. The Balaban J connectivity index is 0.00000312. The molecule has 1 atom stereocenters. The van der Waals surface area contributed by atoms with E-state index in [0.29, 0.717) is 0 Å². The van der Waals surface area contributed by atoms with Crippen molar-refractivity contribution in [3.63, 3.8) is 0 Å². The Bertz CT molecular complexity index is 576. The maximum Gasteiger partial charge on any atom is -0.412 e. The summed E-state index contributed by atoms with van der Waals surface area (Å²) in [6.45, 7) is 4.66. The van der Waals surface area contributed by atoms with Gasteiger partial charge in [-0.15, -0.1) is 0 Å². The summed E-state index contributed by atoms with van der Waals surface area (Å²) in [5.74, 6) is 0. The van der Waals surface area contributed by atoms with E-state index in [1.807, 2.05) is 0 Å². The molecule has 0 saturated carbocycles. The third-order valence-electron chi connectivity index (χ3n) is 4.88. The van der Waals surface area contributed by atoms with E-state index in [1.165, 1.54) is 79.0 Å². The van der Waals surface area contributed by atoms with Crippen molar-refractivity contribution in [2.45, 2.75) is 82.1 Å². The van der Waals surface area contributed by atoms with Gasteiger partial charge in [0.2, 0.25) is 0 Å². The van der Waals surface area contributed by atoms with Gasteiger partial charge < -0.3 is 5.48 Å². The molecule has 2 N–H and O–H groups in total. The molecule has 0 aliphatic rings. The zero-order valence-corrected chi connectivity index (χ0v) is 18.1. The molecule has 0 radical (unpaired) electrons. The monoisotopic (exact) mass is 404 g/mol. The molecule has 0 aromatic heterocycles. The van der Waals surface area contributed by atoms with Gasteiger partial charge >= 0.3 is 154 Å². The standard InChI is InChI=1S/C23H35As.H2O/c1-3-5-6-7-8-9-10-13-20-24(19-4-2)23-18-14-16-21-15-11-12-17-22(21)23;/h11-12,14-18H,3-10,13,19-20H2,1-2H3;1H2. The summed E-state index contributed by atoms with van der Waals surface area (Å²) in [7, 11) is 0. The van der Waals surface area contributed by atoms with E-state index < -0.39 is 14.7 Å². The van der Waals surface area contributed by atoms with Crippen LogP contribution in [0.25, 0.3) is 10.8 Å². The minimum absolute atomic E-state index is 0. The fraction of sp³-hybridized carbons (Fsp3) is 0.565. The van der Waals surface area contributed by atoms with E-state index in [2.05, 4.69) is 56.3 Å². The van der Waals surface area contributed by atoms with Crippen molar-refractivity contribution in [2.24, 2.45) is 0 Å². The number of unbranched alkanes of at least 4 members (excludes halogenated alkanes) is 7. The number of rotatable bonds is 12. The third kappa shape index (κ3) is 7.55. The van der Waals surface area contributed by atoms with E-state index in [-0.39, 0.29) is 5.48 Å². The van der Waals surface area contributed by atoms with Crippen molar-refractivity contribution in [2.75, 3.05) is 0 Å². The predicted octanol–water partition coefficient (Wildman–Crippen LogP) is 6.27. The zero-order valence-electron chi connectivity index (χ0n) is 16.3. The van der Waals surface area contributed by atoms with Crippen LogP contribution >= 0.6 is 0 Å². The quantitative estimate of drug-likeness (QED) is 0.295. The van der Waals surface area contributed by atoms with Crippen LogP contribution in [0.15, 0.2) is 42.5 Å². The van der Waals surface area contributed by atoms with Crippen LogP contribution in [0.2, 0.25) is 10.4 Å². The molecule has 1 nitrogen and oxygen atoms in total. The first kappa shape index (κ1) is 22.3. The average molecular weight is 404 g/mol. The zero-order chi connectivity index (χ0) is 17.0. The van der Waals surface area contributed by atoms with Gasteiger partial charge in [-0.2, -0.15) is 0 Å². The van der Waals surface area contributed by atoms with Gasteiger partial charge in [-0.25, -0.2) is 0 Å². The largest absolute Gasteiger partial charge is 0.412 e. The molecule has 140 valence electrons. The van der Waals surface area contributed by atoms with E-state index in [0.717, 1.165) is 0 Å². The van der Waals surface area contributed by atoms with Crippen LogP contribution in [0.3, 0.4) is 0 Å². The average Bonchev–Trinajstić information content (AvgIpc) is 2.62. The fourth-order valence-corrected chi connectivity index (χ4v) is 9.19. The van der Waals surface area contributed by atoms with Gasteiger partial charge in [0.05, 0.1) is 0 Å². The summed E-state index contributed by atoms with van der Waals surface area (Å²) >= 11 is -0.890. The predicted molar refractivity (Wildman–Crippen MR) is 115 cm³/mol. The molecule has 0 aliphatic heterocycles. The Hall–Kier alpha value is -0.782. The van der Waals surface area contributed by atoms with E-state index in [1.54, 1.807) is 4.35 Å². The van der Waals surface area contributed by atoms with Crippen LogP contribution in [0.5, 0.6) is 0 Å². The maximum absolute atomic E-state index is 2.43. The van der Waals surface area contributed by atoms with E-state index in [9.17, 15) is 0 Å². The van der Waals surface area contributed by atoms with Crippen molar-refractivity contribution in [3.8, 4) is 0 Å².